The average Bonchev–Trinajstić information content (AvgIpc) is 2.68. The molecule has 0 fully saturated rings. The molecule has 0 saturated carbocycles. The molecule has 2 aromatic carbocycles. The number of aldehydes is 1. The van der Waals surface area contributed by atoms with E-state index in [0.717, 1.165) is 0 Å². The van der Waals surface area contributed by atoms with E-state index >= 15 is 0 Å². The van der Waals surface area contributed by atoms with E-state index in [9.17, 15) is 19.7 Å². The number of methoxy groups -OCH3 is 1. The molecule has 0 saturated heterocycles. The Balaban J connectivity index is 2.11. The fraction of sp³-hybridized carbons (Fsp3) is 0.263. The molecule has 2 aromatic rings. The minimum atomic E-state index is -0.557. The first-order chi connectivity index (χ1) is 13.4. The van der Waals surface area contributed by atoms with Crippen molar-refractivity contribution in [3.8, 4) is 17.2 Å². The third-order valence-electron chi connectivity index (χ3n) is 3.76. The van der Waals surface area contributed by atoms with Crippen LogP contribution in [0.4, 0.5) is 11.4 Å². The van der Waals surface area contributed by atoms with Gasteiger partial charge in [-0.25, -0.2) is 0 Å². The van der Waals surface area contributed by atoms with Crippen LogP contribution < -0.4 is 19.5 Å². The number of amides is 1. The van der Waals surface area contributed by atoms with E-state index in [1.54, 1.807) is 26.0 Å². The Hall–Kier alpha value is -3.62. The summed E-state index contributed by atoms with van der Waals surface area (Å²) in [4.78, 5) is 33.6. The lowest BCUT2D eigenvalue weighted by atomic mass is 10.1. The first kappa shape index (κ1) is 20.7. The number of nitrogens with zero attached hydrogens (tertiary/aromatic N) is 1. The number of carbonyl (C=O) groups is 2. The molecule has 148 valence electrons. The van der Waals surface area contributed by atoms with Crippen molar-refractivity contribution in [2.45, 2.75) is 13.8 Å². The van der Waals surface area contributed by atoms with Crippen molar-refractivity contribution in [2.75, 3.05) is 25.6 Å². The number of aryl methyl sites for hydroxylation is 1. The molecule has 9 nitrogen and oxygen atoms in total. The van der Waals surface area contributed by atoms with Crippen molar-refractivity contribution in [1.82, 2.24) is 0 Å². The molecule has 0 heterocycles. The van der Waals surface area contributed by atoms with Gasteiger partial charge in [0.05, 0.1) is 18.6 Å². The molecule has 0 radical (unpaired) electrons. The lowest BCUT2D eigenvalue weighted by Gasteiger charge is -2.13. The predicted molar refractivity (Wildman–Crippen MR) is 102 cm³/mol. The zero-order valence-electron chi connectivity index (χ0n) is 15.7. The van der Waals surface area contributed by atoms with Crippen LogP contribution in [0.15, 0.2) is 30.3 Å². The standard InChI is InChI=1S/C19H20N2O7/c1-4-27-18-8-13(10-22)5-6-16(18)28-11-19(23)20-14-9-17(26-3)15(21(24)25)7-12(14)2/h5-10H,4,11H2,1-3H3,(H,20,23). The Bertz CT molecular complexity index is 896. The Kier molecular flexibility index (Phi) is 6.91. The third-order valence-corrected chi connectivity index (χ3v) is 3.76. The summed E-state index contributed by atoms with van der Waals surface area (Å²) in [5.74, 6) is 0.240. The molecule has 0 aliphatic carbocycles. The second-order valence-electron chi connectivity index (χ2n) is 5.69. The number of anilines is 1. The summed E-state index contributed by atoms with van der Waals surface area (Å²) < 4.78 is 15.9. The van der Waals surface area contributed by atoms with Crippen molar-refractivity contribution in [2.24, 2.45) is 0 Å². The average molecular weight is 388 g/mol. The van der Waals surface area contributed by atoms with Crippen LogP contribution in [0.5, 0.6) is 17.2 Å². The van der Waals surface area contributed by atoms with E-state index in [2.05, 4.69) is 5.32 Å². The van der Waals surface area contributed by atoms with Crippen LogP contribution in [-0.4, -0.2) is 37.4 Å². The summed E-state index contributed by atoms with van der Waals surface area (Å²) in [5.41, 5.74) is 1.11. The van der Waals surface area contributed by atoms with Crippen molar-refractivity contribution >= 4 is 23.6 Å². The molecule has 1 amide bonds. The number of benzene rings is 2. The summed E-state index contributed by atoms with van der Waals surface area (Å²) in [7, 11) is 1.31. The number of hydrogen-bond acceptors (Lipinski definition) is 7. The Morgan fingerprint density at radius 2 is 1.93 bits per heavy atom. The van der Waals surface area contributed by atoms with Crippen LogP contribution in [0.3, 0.4) is 0 Å². The molecule has 28 heavy (non-hydrogen) atoms. The zero-order chi connectivity index (χ0) is 20.7. The maximum absolute atomic E-state index is 12.2. The minimum Gasteiger partial charge on any atom is -0.490 e. The van der Waals surface area contributed by atoms with Crippen molar-refractivity contribution < 1.29 is 28.7 Å². The van der Waals surface area contributed by atoms with Gasteiger partial charge in [-0.2, -0.15) is 0 Å². The summed E-state index contributed by atoms with van der Waals surface area (Å²) in [6.45, 7) is 3.47. The highest BCUT2D eigenvalue weighted by Gasteiger charge is 2.18. The number of nitrogens with one attached hydrogen (secondary N) is 1. The Labute approximate surface area is 161 Å². The normalized spacial score (nSPS) is 10.1. The number of ether oxygens (including phenoxy) is 3. The second kappa shape index (κ2) is 9.36. The van der Waals surface area contributed by atoms with E-state index in [0.29, 0.717) is 41.2 Å². The molecule has 0 aromatic heterocycles. The van der Waals surface area contributed by atoms with E-state index in [1.807, 2.05) is 0 Å². The van der Waals surface area contributed by atoms with Gasteiger partial charge in [-0.3, -0.25) is 19.7 Å². The van der Waals surface area contributed by atoms with Gasteiger partial charge in [0.2, 0.25) is 0 Å². The number of nitro benzene ring substituents is 1. The largest absolute Gasteiger partial charge is 0.490 e. The fourth-order valence-electron chi connectivity index (χ4n) is 2.43. The monoisotopic (exact) mass is 388 g/mol. The second-order valence-corrected chi connectivity index (χ2v) is 5.69. The molecule has 0 bridgehead atoms. The maximum atomic E-state index is 12.2. The number of rotatable bonds is 9. The minimum absolute atomic E-state index is 0.0369. The lowest BCUT2D eigenvalue weighted by molar-refractivity contribution is -0.385. The summed E-state index contributed by atoms with van der Waals surface area (Å²) >= 11 is 0. The molecule has 9 heteroatoms. The van der Waals surface area contributed by atoms with Crippen LogP contribution in [0, 0.1) is 17.0 Å². The zero-order valence-corrected chi connectivity index (χ0v) is 15.7. The van der Waals surface area contributed by atoms with Gasteiger partial charge in [-0.1, -0.05) is 0 Å². The summed E-state index contributed by atoms with van der Waals surface area (Å²) in [5, 5.41) is 13.7. The molecule has 2 rings (SSSR count). The molecular formula is C19H20N2O7. The van der Waals surface area contributed by atoms with Gasteiger partial charge < -0.3 is 19.5 Å². The molecule has 1 N–H and O–H groups in total. The highest BCUT2D eigenvalue weighted by atomic mass is 16.6. The van der Waals surface area contributed by atoms with Crippen LogP contribution in [0.1, 0.15) is 22.8 Å². The van der Waals surface area contributed by atoms with Crippen LogP contribution in [0.2, 0.25) is 0 Å². The van der Waals surface area contributed by atoms with E-state index in [1.165, 1.54) is 25.3 Å². The van der Waals surface area contributed by atoms with Gasteiger partial charge in [0.15, 0.2) is 23.9 Å². The molecule has 0 aliphatic rings. The summed E-state index contributed by atoms with van der Waals surface area (Å²) in [6, 6.07) is 7.32. The van der Waals surface area contributed by atoms with Crippen molar-refractivity contribution in [1.29, 1.82) is 0 Å². The molecular weight excluding hydrogens is 368 g/mol. The van der Waals surface area contributed by atoms with E-state index in [-0.39, 0.29) is 18.0 Å². The Morgan fingerprint density at radius 1 is 1.18 bits per heavy atom. The topological polar surface area (TPSA) is 117 Å². The smallest absolute Gasteiger partial charge is 0.311 e. The van der Waals surface area contributed by atoms with Crippen molar-refractivity contribution in [3.05, 3.63) is 51.6 Å². The predicted octanol–water partition coefficient (Wildman–Crippen LogP) is 3.14. The van der Waals surface area contributed by atoms with E-state index in [4.69, 9.17) is 14.2 Å². The van der Waals surface area contributed by atoms with Crippen molar-refractivity contribution in [3.63, 3.8) is 0 Å². The summed E-state index contributed by atoms with van der Waals surface area (Å²) in [6.07, 6.45) is 0.684. The third kappa shape index (κ3) is 4.97. The first-order valence-electron chi connectivity index (χ1n) is 8.37. The van der Waals surface area contributed by atoms with Gasteiger partial charge in [-0.05, 0) is 37.6 Å². The number of nitro groups is 1. The van der Waals surface area contributed by atoms with Gasteiger partial charge in [0, 0.05) is 23.4 Å². The van der Waals surface area contributed by atoms with Crippen LogP contribution in [0.25, 0.3) is 0 Å². The molecule has 0 aliphatic heterocycles. The Morgan fingerprint density at radius 3 is 2.54 bits per heavy atom. The SMILES string of the molecule is CCOc1cc(C=O)ccc1OCC(=O)Nc1cc(OC)c([N+](=O)[O-])cc1C. The van der Waals surface area contributed by atoms with Gasteiger partial charge in [-0.15, -0.1) is 0 Å². The van der Waals surface area contributed by atoms with Gasteiger partial charge in [0.25, 0.3) is 5.91 Å². The highest BCUT2D eigenvalue weighted by Crippen LogP contribution is 2.33. The van der Waals surface area contributed by atoms with Gasteiger partial charge in [0.1, 0.15) is 6.29 Å². The van der Waals surface area contributed by atoms with E-state index < -0.39 is 10.8 Å². The lowest BCUT2D eigenvalue weighted by Crippen LogP contribution is -2.21. The first-order valence-corrected chi connectivity index (χ1v) is 8.37. The number of hydrogen-bond donors (Lipinski definition) is 1. The molecule has 0 spiro atoms. The highest BCUT2D eigenvalue weighted by molar-refractivity contribution is 5.93. The molecule has 0 atom stereocenters. The van der Waals surface area contributed by atoms with Crippen LogP contribution in [-0.2, 0) is 4.79 Å². The maximum Gasteiger partial charge on any atom is 0.311 e. The van der Waals surface area contributed by atoms with Crippen LogP contribution >= 0.6 is 0 Å². The quantitative estimate of drug-likeness (QED) is 0.398. The fourth-order valence-corrected chi connectivity index (χ4v) is 2.43. The molecule has 0 unspecified atom stereocenters. The number of carbonyl (C=O) groups excluding carboxylic acids is 2. The van der Waals surface area contributed by atoms with Gasteiger partial charge >= 0.3 is 5.69 Å².